The van der Waals surface area contributed by atoms with E-state index in [1.165, 1.54) is 30.5 Å². The van der Waals surface area contributed by atoms with Gasteiger partial charge in [-0.1, -0.05) is 6.07 Å². The molecule has 0 aromatic carbocycles. The topological polar surface area (TPSA) is 98.0 Å². The van der Waals surface area contributed by atoms with E-state index in [2.05, 4.69) is 14.7 Å². The molecule has 2 aromatic heterocycles. The molecule has 0 aliphatic carbocycles. The molecule has 0 fully saturated rings. The number of hydrogen-bond donors (Lipinski definition) is 2. The predicted molar refractivity (Wildman–Crippen MR) is 63.7 cm³/mol. The fraction of sp³-hybridized carbons (Fsp3) is 0. The molecular formula is C10H9FN4O2S. The van der Waals surface area contributed by atoms with Gasteiger partial charge in [0.2, 0.25) is 5.95 Å². The minimum absolute atomic E-state index is 0.127. The van der Waals surface area contributed by atoms with Crippen molar-refractivity contribution in [1.82, 2.24) is 9.97 Å². The normalized spacial score (nSPS) is 11.2. The first-order chi connectivity index (χ1) is 8.49. The maximum atomic E-state index is 12.8. The monoisotopic (exact) mass is 268 g/mol. The Hall–Kier alpha value is -2.22. The van der Waals surface area contributed by atoms with Gasteiger partial charge in [0.15, 0.2) is 0 Å². The van der Waals surface area contributed by atoms with Crippen molar-refractivity contribution in [1.29, 1.82) is 0 Å². The molecule has 0 unspecified atom stereocenters. The lowest BCUT2D eigenvalue weighted by atomic mass is 10.5. The maximum Gasteiger partial charge on any atom is 0.266 e. The lowest BCUT2D eigenvalue weighted by Crippen LogP contribution is -2.16. The molecule has 0 saturated heterocycles. The number of pyridine rings is 2. The Kier molecular flexibility index (Phi) is 3.11. The van der Waals surface area contributed by atoms with Gasteiger partial charge >= 0.3 is 0 Å². The van der Waals surface area contributed by atoms with Gasteiger partial charge in [0.1, 0.15) is 16.5 Å². The van der Waals surface area contributed by atoms with Crippen LogP contribution in [0.25, 0.3) is 0 Å². The van der Waals surface area contributed by atoms with E-state index in [0.29, 0.717) is 0 Å². The minimum Gasteiger partial charge on any atom is -0.383 e. The first kappa shape index (κ1) is 12.2. The summed E-state index contributed by atoms with van der Waals surface area (Å²) in [6.45, 7) is 0. The average Bonchev–Trinajstić information content (AvgIpc) is 2.28. The summed E-state index contributed by atoms with van der Waals surface area (Å²) in [4.78, 5) is 6.88. The van der Waals surface area contributed by atoms with E-state index in [1.54, 1.807) is 0 Å². The molecule has 2 heterocycles. The molecule has 8 heteroatoms. The number of sulfonamides is 1. The van der Waals surface area contributed by atoms with Gasteiger partial charge in [-0.15, -0.1) is 0 Å². The molecule has 0 radical (unpaired) electrons. The fourth-order valence-electron chi connectivity index (χ4n) is 1.29. The summed E-state index contributed by atoms with van der Waals surface area (Å²) in [6.07, 6.45) is 1.37. The van der Waals surface area contributed by atoms with Crippen molar-refractivity contribution in [2.75, 3.05) is 10.5 Å². The zero-order chi connectivity index (χ0) is 13.2. The van der Waals surface area contributed by atoms with Crippen LogP contribution in [0.1, 0.15) is 0 Å². The molecule has 0 spiro atoms. The molecule has 0 amide bonds. The van der Waals surface area contributed by atoms with Gasteiger partial charge in [-0.3, -0.25) is 4.72 Å². The Morgan fingerprint density at radius 3 is 2.67 bits per heavy atom. The Bertz CT molecular complexity index is 675. The smallest absolute Gasteiger partial charge is 0.266 e. The van der Waals surface area contributed by atoms with Crippen LogP contribution in [0.2, 0.25) is 0 Å². The number of halogens is 1. The average molecular weight is 268 g/mol. The van der Waals surface area contributed by atoms with Gasteiger partial charge in [-0.05, 0) is 24.3 Å². The summed E-state index contributed by atoms with van der Waals surface area (Å²) < 4.78 is 38.8. The van der Waals surface area contributed by atoms with Crippen LogP contribution < -0.4 is 10.5 Å². The number of nitrogens with one attached hydrogen (secondary N) is 1. The number of nitrogen functional groups attached to an aromatic ring is 1. The Morgan fingerprint density at radius 1 is 1.22 bits per heavy atom. The zero-order valence-corrected chi connectivity index (χ0v) is 9.86. The second-order valence-electron chi connectivity index (χ2n) is 3.34. The molecule has 0 bridgehead atoms. The predicted octanol–water partition coefficient (Wildman–Crippen LogP) is 0.999. The van der Waals surface area contributed by atoms with Crippen LogP contribution in [-0.2, 0) is 10.0 Å². The molecule has 3 N–H and O–H groups in total. The number of hydrogen-bond acceptors (Lipinski definition) is 5. The number of nitrogens with zero attached hydrogens (tertiary/aromatic N) is 2. The molecule has 0 aliphatic rings. The highest BCUT2D eigenvalue weighted by Gasteiger charge is 2.18. The van der Waals surface area contributed by atoms with Gasteiger partial charge in [-0.2, -0.15) is 4.39 Å². The van der Waals surface area contributed by atoms with Gasteiger partial charge in [0, 0.05) is 6.20 Å². The fourth-order valence-corrected chi connectivity index (χ4v) is 2.37. The van der Waals surface area contributed by atoms with E-state index >= 15 is 0 Å². The van der Waals surface area contributed by atoms with Crippen molar-refractivity contribution in [3.8, 4) is 0 Å². The second kappa shape index (κ2) is 4.57. The first-order valence-electron chi connectivity index (χ1n) is 4.85. The highest BCUT2D eigenvalue weighted by atomic mass is 32.2. The van der Waals surface area contributed by atoms with E-state index in [9.17, 15) is 12.8 Å². The standard InChI is InChI=1S/C10H9FN4O2S/c11-8-4-1-5-9(14-8)15-18(16,17)7-3-2-6-13-10(7)12/h1-6H,(H2,12,13)(H,14,15). The van der Waals surface area contributed by atoms with Crippen LogP contribution in [0.5, 0.6) is 0 Å². The summed E-state index contributed by atoms with van der Waals surface area (Å²) in [5, 5.41) is 0. The van der Waals surface area contributed by atoms with Gasteiger partial charge < -0.3 is 5.73 Å². The van der Waals surface area contributed by atoms with Crippen LogP contribution in [0, 0.1) is 5.95 Å². The number of nitrogens with two attached hydrogens (primary N) is 1. The Morgan fingerprint density at radius 2 is 2.00 bits per heavy atom. The van der Waals surface area contributed by atoms with Crippen molar-refractivity contribution >= 4 is 21.7 Å². The largest absolute Gasteiger partial charge is 0.383 e. The highest BCUT2D eigenvalue weighted by molar-refractivity contribution is 7.92. The maximum absolute atomic E-state index is 12.8. The summed E-state index contributed by atoms with van der Waals surface area (Å²) in [6, 6.07) is 6.50. The molecule has 6 nitrogen and oxygen atoms in total. The van der Waals surface area contributed by atoms with Crippen LogP contribution >= 0.6 is 0 Å². The van der Waals surface area contributed by atoms with Crippen molar-refractivity contribution < 1.29 is 12.8 Å². The summed E-state index contributed by atoms with van der Waals surface area (Å²) in [5.74, 6) is -1.05. The molecule has 94 valence electrons. The van der Waals surface area contributed by atoms with Crippen LogP contribution in [-0.4, -0.2) is 18.4 Å². The third-order valence-electron chi connectivity index (χ3n) is 2.04. The van der Waals surface area contributed by atoms with Crippen molar-refractivity contribution in [2.24, 2.45) is 0 Å². The van der Waals surface area contributed by atoms with E-state index in [4.69, 9.17) is 5.73 Å². The van der Waals surface area contributed by atoms with E-state index < -0.39 is 16.0 Å². The van der Waals surface area contributed by atoms with Crippen LogP contribution in [0.15, 0.2) is 41.4 Å². The second-order valence-corrected chi connectivity index (χ2v) is 4.99. The first-order valence-corrected chi connectivity index (χ1v) is 6.33. The minimum atomic E-state index is -3.93. The molecule has 0 saturated carbocycles. The lowest BCUT2D eigenvalue weighted by Gasteiger charge is -2.08. The third-order valence-corrected chi connectivity index (χ3v) is 3.45. The van der Waals surface area contributed by atoms with Crippen molar-refractivity contribution in [3.63, 3.8) is 0 Å². The number of aromatic nitrogens is 2. The van der Waals surface area contributed by atoms with E-state index in [-0.39, 0.29) is 16.5 Å². The van der Waals surface area contributed by atoms with Crippen LogP contribution in [0.4, 0.5) is 16.0 Å². The van der Waals surface area contributed by atoms with Gasteiger partial charge in [-0.25, -0.2) is 18.4 Å². The van der Waals surface area contributed by atoms with E-state index in [0.717, 1.165) is 6.07 Å². The van der Waals surface area contributed by atoms with Gasteiger partial charge in [0.25, 0.3) is 10.0 Å². The van der Waals surface area contributed by atoms with Crippen LogP contribution in [0.3, 0.4) is 0 Å². The highest BCUT2D eigenvalue weighted by Crippen LogP contribution is 2.18. The van der Waals surface area contributed by atoms with Crippen molar-refractivity contribution in [2.45, 2.75) is 4.90 Å². The number of anilines is 2. The summed E-state index contributed by atoms with van der Waals surface area (Å²) in [7, 11) is -3.93. The SMILES string of the molecule is Nc1ncccc1S(=O)(=O)Nc1cccc(F)n1. The quantitative estimate of drug-likeness (QED) is 0.809. The molecule has 0 aliphatic heterocycles. The van der Waals surface area contributed by atoms with Crippen molar-refractivity contribution in [3.05, 3.63) is 42.5 Å². The third kappa shape index (κ3) is 2.54. The Labute approximate surface area is 103 Å². The summed E-state index contributed by atoms with van der Waals surface area (Å²) in [5.41, 5.74) is 5.47. The molecule has 18 heavy (non-hydrogen) atoms. The van der Waals surface area contributed by atoms with E-state index in [1.807, 2.05) is 0 Å². The molecular weight excluding hydrogens is 259 g/mol. The summed E-state index contributed by atoms with van der Waals surface area (Å²) >= 11 is 0. The molecule has 0 atom stereocenters. The van der Waals surface area contributed by atoms with Gasteiger partial charge in [0.05, 0.1) is 0 Å². The Balaban J connectivity index is 2.37. The molecule has 2 rings (SSSR count). The lowest BCUT2D eigenvalue weighted by molar-refractivity contribution is 0.584. The number of rotatable bonds is 3. The zero-order valence-electron chi connectivity index (χ0n) is 9.04. The molecule has 2 aromatic rings.